The molecule has 0 atom stereocenters. The Morgan fingerprint density at radius 3 is 2.41 bits per heavy atom. The number of nitriles is 1. The number of carbonyl (C=O) groups excluding carboxylic acids is 1. The zero-order chi connectivity index (χ0) is 26.2. The molecule has 4 rings (SSSR count). The highest BCUT2D eigenvalue weighted by Crippen LogP contribution is 2.23. The molecule has 0 aliphatic rings. The Labute approximate surface area is 218 Å². The van der Waals surface area contributed by atoms with E-state index in [0.29, 0.717) is 34.0 Å². The standard InChI is InChI=1S/C29H25N3O4S/c1-3-17-36-24-15-9-7-11-20(24)18-26-28(34)32(21-12-5-4-6-13-21)29(37-26)22(19-30)27(33)31-23-14-8-10-16-25(23)35-2/h4-16,18H,3,17H2,1-2H3,(H,31,33)/b26-18-,29-22-. The summed E-state index contributed by atoms with van der Waals surface area (Å²) >= 11 is 1.08. The molecule has 0 aliphatic heterocycles. The number of para-hydroxylation sites is 4. The highest BCUT2D eigenvalue weighted by molar-refractivity contribution is 7.07. The summed E-state index contributed by atoms with van der Waals surface area (Å²) in [6.07, 6.45) is 2.58. The lowest BCUT2D eigenvalue weighted by atomic mass is 10.2. The second-order valence-electron chi connectivity index (χ2n) is 7.92. The van der Waals surface area contributed by atoms with Crippen LogP contribution >= 0.6 is 11.3 Å². The van der Waals surface area contributed by atoms with Gasteiger partial charge in [0.2, 0.25) is 0 Å². The molecule has 37 heavy (non-hydrogen) atoms. The number of rotatable bonds is 8. The van der Waals surface area contributed by atoms with Gasteiger partial charge in [-0.1, -0.05) is 55.5 Å². The van der Waals surface area contributed by atoms with Crippen molar-refractivity contribution in [2.24, 2.45) is 0 Å². The summed E-state index contributed by atoms with van der Waals surface area (Å²) in [5.74, 6) is 0.469. The zero-order valence-corrected chi connectivity index (χ0v) is 21.2. The largest absolute Gasteiger partial charge is 0.495 e. The number of nitrogens with zero attached hydrogens (tertiary/aromatic N) is 2. The number of ether oxygens (including phenoxy) is 2. The molecule has 0 fully saturated rings. The number of amides is 1. The summed E-state index contributed by atoms with van der Waals surface area (Å²) in [5, 5.41) is 12.8. The zero-order valence-electron chi connectivity index (χ0n) is 20.4. The van der Waals surface area contributed by atoms with Crippen LogP contribution < -0.4 is 29.5 Å². The van der Waals surface area contributed by atoms with Crippen molar-refractivity contribution in [1.82, 2.24) is 4.57 Å². The van der Waals surface area contributed by atoms with Crippen molar-refractivity contribution in [2.45, 2.75) is 13.3 Å². The Kier molecular flexibility index (Phi) is 8.18. The van der Waals surface area contributed by atoms with Gasteiger partial charge in [-0.3, -0.25) is 14.2 Å². The second-order valence-corrected chi connectivity index (χ2v) is 8.95. The average molecular weight is 512 g/mol. The molecule has 0 saturated heterocycles. The molecule has 0 bridgehead atoms. The summed E-state index contributed by atoms with van der Waals surface area (Å²) in [5.41, 5.74) is 1.17. The fraction of sp³-hybridized carbons (Fsp3) is 0.138. The van der Waals surface area contributed by atoms with Crippen LogP contribution in [0.15, 0.2) is 83.7 Å². The molecule has 0 saturated carbocycles. The van der Waals surface area contributed by atoms with Crippen molar-refractivity contribution < 1.29 is 14.3 Å². The molecule has 1 heterocycles. The summed E-state index contributed by atoms with van der Waals surface area (Å²) in [6.45, 7) is 2.57. The molecule has 0 radical (unpaired) electrons. The first-order valence-electron chi connectivity index (χ1n) is 11.7. The third-order valence-corrected chi connectivity index (χ3v) is 6.51. The molecule has 1 amide bonds. The van der Waals surface area contributed by atoms with Crippen LogP contribution in [-0.2, 0) is 4.79 Å². The minimum absolute atomic E-state index is 0.188. The van der Waals surface area contributed by atoms with Crippen molar-refractivity contribution in [1.29, 1.82) is 5.26 Å². The van der Waals surface area contributed by atoms with Crippen LogP contribution in [0.1, 0.15) is 18.9 Å². The predicted octanol–water partition coefficient (Wildman–Crippen LogP) is 3.84. The summed E-state index contributed by atoms with van der Waals surface area (Å²) in [4.78, 5) is 26.9. The molecule has 0 unspecified atom stereocenters. The number of carbonyl (C=O) groups is 1. The van der Waals surface area contributed by atoms with Gasteiger partial charge in [0.25, 0.3) is 11.5 Å². The Hall–Kier alpha value is -4.61. The maximum Gasteiger partial charge on any atom is 0.273 e. The number of anilines is 1. The summed E-state index contributed by atoms with van der Waals surface area (Å²) < 4.78 is 13.1. The van der Waals surface area contributed by atoms with E-state index in [2.05, 4.69) is 5.32 Å². The number of hydrogen-bond acceptors (Lipinski definition) is 6. The maximum atomic E-state index is 13.6. The fourth-order valence-electron chi connectivity index (χ4n) is 3.67. The molecule has 0 spiro atoms. The van der Waals surface area contributed by atoms with Crippen molar-refractivity contribution in [3.8, 4) is 23.3 Å². The number of methoxy groups -OCH3 is 1. The Balaban J connectivity index is 1.94. The van der Waals surface area contributed by atoms with E-state index < -0.39 is 5.91 Å². The van der Waals surface area contributed by atoms with E-state index >= 15 is 0 Å². The highest BCUT2D eigenvalue weighted by atomic mass is 32.1. The number of nitrogens with one attached hydrogen (secondary N) is 1. The minimum Gasteiger partial charge on any atom is -0.495 e. The monoisotopic (exact) mass is 511 g/mol. The smallest absolute Gasteiger partial charge is 0.273 e. The van der Waals surface area contributed by atoms with E-state index in [1.165, 1.54) is 11.7 Å². The van der Waals surface area contributed by atoms with Crippen LogP contribution in [0.25, 0.3) is 17.3 Å². The van der Waals surface area contributed by atoms with E-state index in [4.69, 9.17) is 9.47 Å². The van der Waals surface area contributed by atoms with Gasteiger partial charge in [-0.2, -0.15) is 5.26 Å². The third kappa shape index (κ3) is 5.63. The minimum atomic E-state index is -0.642. The first-order valence-corrected chi connectivity index (χ1v) is 12.5. The molecule has 186 valence electrons. The SMILES string of the molecule is CCCOc1ccccc1/C=c1\s/c(=C(/C#N)C(=O)Nc2ccccc2OC)n(-c2ccccc2)c1=O. The Bertz CT molecular complexity index is 1630. The van der Waals surface area contributed by atoms with Gasteiger partial charge in [0, 0.05) is 5.56 Å². The predicted molar refractivity (Wildman–Crippen MR) is 146 cm³/mol. The van der Waals surface area contributed by atoms with Crippen LogP contribution in [-0.4, -0.2) is 24.2 Å². The number of aromatic nitrogens is 1. The van der Waals surface area contributed by atoms with Crippen LogP contribution in [0.2, 0.25) is 0 Å². The van der Waals surface area contributed by atoms with Gasteiger partial charge < -0.3 is 14.8 Å². The maximum absolute atomic E-state index is 13.6. The van der Waals surface area contributed by atoms with Gasteiger partial charge in [0.05, 0.1) is 29.6 Å². The van der Waals surface area contributed by atoms with Gasteiger partial charge in [-0.15, -0.1) is 11.3 Å². The molecular weight excluding hydrogens is 486 g/mol. The first kappa shape index (κ1) is 25.5. The van der Waals surface area contributed by atoms with Gasteiger partial charge in [0.1, 0.15) is 22.2 Å². The van der Waals surface area contributed by atoms with E-state index in [1.54, 1.807) is 54.6 Å². The normalized spacial score (nSPS) is 12.0. The fourth-order valence-corrected chi connectivity index (χ4v) is 4.77. The van der Waals surface area contributed by atoms with Crippen LogP contribution in [0, 0.1) is 11.3 Å². The molecule has 3 aromatic carbocycles. The van der Waals surface area contributed by atoms with Crippen molar-refractivity contribution in [3.05, 3.63) is 104 Å². The lowest BCUT2D eigenvalue weighted by Gasteiger charge is -2.09. The average Bonchev–Trinajstić information content (AvgIpc) is 3.24. The Morgan fingerprint density at radius 2 is 1.70 bits per heavy atom. The molecule has 7 nitrogen and oxygen atoms in total. The summed E-state index contributed by atoms with van der Waals surface area (Å²) in [6, 6.07) is 25.3. The molecule has 4 aromatic rings. The number of thiazole rings is 1. The van der Waals surface area contributed by atoms with Crippen LogP contribution in [0.5, 0.6) is 11.5 Å². The van der Waals surface area contributed by atoms with E-state index in [9.17, 15) is 14.9 Å². The molecule has 1 aromatic heterocycles. The number of benzene rings is 3. The quantitative estimate of drug-likeness (QED) is 0.388. The molecule has 1 N–H and O–H groups in total. The van der Waals surface area contributed by atoms with Crippen LogP contribution in [0.3, 0.4) is 0 Å². The van der Waals surface area contributed by atoms with Gasteiger partial charge in [-0.05, 0) is 42.8 Å². The molecule has 8 heteroatoms. The van der Waals surface area contributed by atoms with E-state index in [-0.39, 0.29) is 15.8 Å². The second kappa shape index (κ2) is 11.9. The molecule has 0 aliphatic carbocycles. The van der Waals surface area contributed by atoms with Crippen molar-refractivity contribution in [3.63, 3.8) is 0 Å². The lowest BCUT2D eigenvalue weighted by molar-refractivity contribution is -0.111. The van der Waals surface area contributed by atoms with E-state index in [0.717, 1.165) is 23.3 Å². The summed E-state index contributed by atoms with van der Waals surface area (Å²) in [7, 11) is 1.50. The van der Waals surface area contributed by atoms with Gasteiger partial charge in [0.15, 0.2) is 5.57 Å². The van der Waals surface area contributed by atoms with Crippen molar-refractivity contribution in [2.75, 3.05) is 19.0 Å². The van der Waals surface area contributed by atoms with Crippen molar-refractivity contribution >= 4 is 34.6 Å². The highest BCUT2D eigenvalue weighted by Gasteiger charge is 2.18. The number of hydrogen-bond donors (Lipinski definition) is 1. The molecular formula is C29H25N3O4S. The first-order chi connectivity index (χ1) is 18.1. The van der Waals surface area contributed by atoms with Crippen LogP contribution in [0.4, 0.5) is 5.69 Å². The van der Waals surface area contributed by atoms with E-state index in [1.807, 2.05) is 43.3 Å². The lowest BCUT2D eigenvalue weighted by Crippen LogP contribution is -2.32. The topological polar surface area (TPSA) is 93.3 Å². The Morgan fingerprint density at radius 1 is 1.03 bits per heavy atom. The van der Waals surface area contributed by atoms with Gasteiger partial charge >= 0.3 is 0 Å². The van der Waals surface area contributed by atoms with Gasteiger partial charge in [-0.25, -0.2) is 0 Å². The third-order valence-electron chi connectivity index (χ3n) is 5.41.